The highest BCUT2D eigenvalue weighted by atomic mass is 16.7. The van der Waals surface area contributed by atoms with Crippen LogP contribution in [-0.4, -0.2) is 24.3 Å². The second kappa shape index (κ2) is 6.86. The quantitative estimate of drug-likeness (QED) is 0.360. The molecule has 2 rings (SSSR count). The zero-order chi connectivity index (χ0) is 17.0. The van der Waals surface area contributed by atoms with Gasteiger partial charge in [0.1, 0.15) is 11.3 Å². The Morgan fingerprint density at radius 2 is 1.83 bits per heavy atom. The summed E-state index contributed by atoms with van der Waals surface area (Å²) in [6.45, 7) is 7.72. The third-order valence-electron chi connectivity index (χ3n) is 3.40. The molecule has 23 heavy (non-hydrogen) atoms. The van der Waals surface area contributed by atoms with Crippen molar-refractivity contribution in [3.8, 4) is 5.75 Å². The summed E-state index contributed by atoms with van der Waals surface area (Å²) >= 11 is 0. The van der Waals surface area contributed by atoms with E-state index in [4.69, 9.17) is 14.2 Å². The molecule has 5 heteroatoms. The first-order chi connectivity index (χ1) is 10.8. The first-order valence-electron chi connectivity index (χ1n) is 7.74. The molecule has 0 radical (unpaired) electrons. The van der Waals surface area contributed by atoms with Crippen LogP contribution in [-0.2, 0) is 19.1 Å². The van der Waals surface area contributed by atoms with Crippen LogP contribution in [0.2, 0.25) is 0 Å². The summed E-state index contributed by atoms with van der Waals surface area (Å²) in [5.74, 6) is -1.85. The van der Waals surface area contributed by atoms with Crippen molar-refractivity contribution in [2.75, 3.05) is 6.61 Å². The molecule has 5 nitrogen and oxygen atoms in total. The molecule has 0 unspecified atom stereocenters. The standard InChI is InChI=1S/C18H22O5/c1-5-6-9-21-15-11-13(8-7-12(15)2)10-14-16(19)22-18(3,4)23-17(14)20/h7-8,10-11H,5-6,9H2,1-4H3. The van der Waals surface area contributed by atoms with E-state index in [2.05, 4.69) is 6.92 Å². The Hall–Kier alpha value is -2.30. The smallest absolute Gasteiger partial charge is 0.348 e. The number of hydrogen-bond acceptors (Lipinski definition) is 5. The molecule has 1 fully saturated rings. The number of aryl methyl sites for hydroxylation is 1. The molecule has 0 aliphatic carbocycles. The Kier molecular flexibility index (Phi) is 5.08. The number of hydrogen-bond donors (Lipinski definition) is 0. The van der Waals surface area contributed by atoms with Gasteiger partial charge in [0, 0.05) is 13.8 Å². The third kappa shape index (κ3) is 4.34. The highest BCUT2D eigenvalue weighted by molar-refractivity contribution is 6.18. The molecule has 1 aliphatic rings. The molecule has 1 aromatic rings. The second-order valence-corrected chi connectivity index (χ2v) is 5.96. The normalized spacial score (nSPS) is 16.6. The van der Waals surface area contributed by atoms with Gasteiger partial charge in [-0.1, -0.05) is 25.5 Å². The van der Waals surface area contributed by atoms with Crippen molar-refractivity contribution in [3.05, 3.63) is 34.9 Å². The van der Waals surface area contributed by atoms with E-state index >= 15 is 0 Å². The monoisotopic (exact) mass is 318 g/mol. The fraction of sp³-hybridized carbons (Fsp3) is 0.444. The van der Waals surface area contributed by atoms with Gasteiger partial charge in [-0.25, -0.2) is 9.59 Å². The SMILES string of the molecule is CCCCOc1cc(C=C2C(=O)OC(C)(C)OC2=O)ccc1C. The summed E-state index contributed by atoms with van der Waals surface area (Å²) in [6, 6.07) is 5.50. The van der Waals surface area contributed by atoms with E-state index in [1.807, 2.05) is 19.1 Å². The molecule has 124 valence electrons. The number of cyclic esters (lactones) is 2. The van der Waals surface area contributed by atoms with Crippen molar-refractivity contribution < 1.29 is 23.8 Å². The van der Waals surface area contributed by atoms with Gasteiger partial charge in [0.15, 0.2) is 0 Å². The maximum Gasteiger partial charge on any atom is 0.348 e. The fourth-order valence-corrected chi connectivity index (χ4v) is 2.13. The van der Waals surface area contributed by atoms with Gasteiger partial charge in [-0.15, -0.1) is 0 Å². The topological polar surface area (TPSA) is 61.8 Å². The first kappa shape index (κ1) is 17.1. The number of carbonyl (C=O) groups is 2. The van der Waals surface area contributed by atoms with Gasteiger partial charge in [-0.2, -0.15) is 0 Å². The van der Waals surface area contributed by atoms with Gasteiger partial charge in [0.05, 0.1) is 6.61 Å². The molecule has 1 aromatic carbocycles. The molecule has 0 spiro atoms. The molecule has 0 saturated carbocycles. The van der Waals surface area contributed by atoms with Crippen molar-refractivity contribution in [2.45, 2.75) is 46.3 Å². The van der Waals surface area contributed by atoms with Crippen molar-refractivity contribution in [1.29, 1.82) is 0 Å². The van der Waals surface area contributed by atoms with Gasteiger partial charge < -0.3 is 14.2 Å². The van der Waals surface area contributed by atoms with Gasteiger partial charge in [0.25, 0.3) is 5.79 Å². The Morgan fingerprint density at radius 1 is 1.17 bits per heavy atom. The van der Waals surface area contributed by atoms with Crippen molar-refractivity contribution in [1.82, 2.24) is 0 Å². The maximum absolute atomic E-state index is 12.0. The van der Waals surface area contributed by atoms with Crippen molar-refractivity contribution in [2.24, 2.45) is 0 Å². The molecule has 1 aliphatic heterocycles. The van der Waals surface area contributed by atoms with Gasteiger partial charge in [-0.3, -0.25) is 0 Å². The van der Waals surface area contributed by atoms with E-state index in [1.165, 1.54) is 19.9 Å². The molecule has 1 heterocycles. The minimum Gasteiger partial charge on any atom is -0.493 e. The summed E-state index contributed by atoms with van der Waals surface area (Å²) in [6.07, 6.45) is 3.49. The Labute approximate surface area is 136 Å². The average Bonchev–Trinajstić information content (AvgIpc) is 2.45. The van der Waals surface area contributed by atoms with E-state index in [0.29, 0.717) is 12.2 Å². The number of unbranched alkanes of at least 4 members (excludes halogenated alkanes) is 1. The molecule has 0 bridgehead atoms. The molecule has 0 amide bonds. The largest absolute Gasteiger partial charge is 0.493 e. The number of benzene rings is 1. The Morgan fingerprint density at radius 3 is 2.43 bits per heavy atom. The maximum atomic E-state index is 12.0. The number of ether oxygens (including phenoxy) is 3. The zero-order valence-corrected chi connectivity index (χ0v) is 14.0. The van der Waals surface area contributed by atoms with Crippen LogP contribution >= 0.6 is 0 Å². The number of carbonyl (C=O) groups excluding carboxylic acids is 2. The molecule has 0 N–H and O–H groups in total. The van der Waals surface area contributed by atoms with Crippen LogP contribution in [0.5, 0.6) is 5.75 Å². The second-order valence-electron chi connectivity index (χ2n) is 5.96. The van der Waals surface area contributed by atoms with Crippen LogP contribution in [0.15, 0.2) is 23.8 Å². The van der Waals surface area contributed by atoms with Crippen LogP contribution in [0.1, 0.15) is 44.7 Å². The molecule has 1 saturated heterocycles. The third-order valence-corrected chi connectivity index (χ3v) is 3.40. The molecular formula is C18H22O5. The molecule has 0 aromatic heterocycles. The Bertz CT molecular complexity index is 621. The van der Waals surface area contributed by atoms with Crippen molar-refractivity contribution >= 4 is 18.0 Å². The van der Waals surface area contributed by atoms with E-state index in [1.54, 1.807) is 6.07 Å². The van der Waals surface area contributed by atoms with Crippen LogP contribution in [0.4, 0.5) is 0 Å². The average molecular weight is 318 g/mol. The van der Waals surface area contributed by atoms with Gasteiger partial charge in [-0.05, 0) is 36.6 Å². The van der Waals surface area contributed by atoms with Crippen LogP contribution in [0, 0.1) is 6.92 Å². The van der Waals surface area contributed by atoms with E-state index in [-0.39, 0.29) is 5.57 Å². The van der Waals surface area contributed by atoms with Crippen LogP contribution in [0.25, 0.3) is 6.08 Å². The minimum absolute atomic E-state index is 0.118. The van der Waals surface area contributed by atoms with Gasteiger partial charge in [0.2, 0.25) is 0 Å². The fourth-order valence-electron chi connectivity index (χ4n) is 2.13. The number of esters is 2. The highest BCUT2D eigenvalue weighted by Gasteiger charge is 2.38. The summed E-state index contributed by atoms with van der Waals surface area (Å²) in [5, 5.41) is 0. The molecule has 0 atom stereocenters. The first-order valence-corrected chi connectivity index (χ1v) is 7.74. The summed E-state index contributed by atoms with van der Waals surface area (Å²) in [5.41, 5.74) is 1.57. The molecular weight excluding hydrogens is 296 g/mol. The van der Waals surface area contributed by atoms with E-state index < -0.39 is 17.7 Å². The van der Waals surface area contributed by atoms with Gasteiger partial charge >= 0.3 is 11.9 Å². The number of rotatable bonds is 5. The lowest BCUT2D eigenvalue weighted by atomic mass is 10.1. The van der Waals surface area contributed by atoms with E-state index in [0.717, 1.165) is 24.2 Å². The lowest BCUT2D eigenvalue weighted by Gasteiger charge is -2.29. The lowest BCUT2D eigenvalue weighted by molar-refractivity contribution is -0.222. The summed E-state index contributed by atoms with van der Waals surface area (Å²) in [4.78, 5) is 23.9. The minimum atomic E-state index is -1.23. The predicted molar refractivity (Wildman–Crippen MR) is 85.8 cm³/mol. The summed E-state index contributed by atoms with van der Waals surface area (Å²) < 4.78 is 15.9. The lowest BCUT2D eigenvalue weighted by Crippen LogP contribution is -2.41. The zero-order valence-electron chi connectivity index (χ0n) is 14.0. The Balaban J connectivity index is 2.23. The van der Waals surface area contributed by atoms with Crippen molar-refractivity contribution in [3.63, 3.8) is 0 Å². The van der Waals surface area contributed by atoms with E-state index in [9.17, 15) is 9.59 Å². The predicted octanol–water partition coefficient (Wildman–Crippen LogP) is 3.39. The van der Waals surface area contributed by atoms with Crippen LogP contribution < -0.4 is 4.74 Å². The summed E-state index contributed by atoms with van der Waals surface area (Å²) in [7, 11) is 0. The highest BCUT2D eigenvalue weighted by Crippen LogP contribution is 2.26. The van der Waals surface area contributed by atoms with Crippen LogP contribution in [0.3, 0.4) is 0 Å².